The summed E-state index contributed by atoms with van der Waals surface area (Å²) in [6.07, 6.45) is 2.25. The predicted octanol–water partition coefficient (Wildman–Crippen LogP) is 1.23. The molecule has 1 aliphatic rings. The lowest BCUT2D eigenvalue weighted by atomic mass is 10.2. The Morgan fingerprint density at radius 1 is 1.48 bits per heavy atom. The number of aromatic nitrogens is 3. The van der Waals surface area contributed by atoms with E-state index in [1.807, 2.05) is 0 Å². The second-order valence-corrected chi connectivity index (χ2v) is 5.19. The summed E-state index contributed by atoms with van der Waals surface area (Å²) in [7, 11) is 0. The van der Waals surface area contributed by atoms with E-state index in [4.69, 9.17) is 9.26 Å². The number of ether oxygens (including phenoxy) is 1. The molecule has 0 saturated heterocycles. The number of hydrogen-bond donors (Lipinski definition) is 1. The van der Waals surface area contributed by atoms with E-state index in [1.165, 1.54) is 6.07 Å². The van der Waals surface area contributed by atoms with Crippen molar-refractivity contribution in [1.29, 1.82) is 0 Å². The molecule has 0 atom stereocenters. The minimum atomic E-state index is -0.477. The molecule has 0 spiro atoms. The maximum absolute atomic E-state index is 11.7. The second-order valence-electron chi connectivity index (χ2n) is 5.19. The van der Waals surface area contributed by atoms with Crippen LogP contribution >= 0.6 is 0 Å². The number of nitrogens with zero attached hydrogens (tertiary/aromatic N) is 2. The standard InChI is InChI=1S/C14H15N3O4/c1-8-4-13(18)12(16-15-8)7-20-14(19)6-10-5-11(17-21-10)9-2-3-9/h4-5,9H,2-3,6-7H2,1H3,(H,15,18). The number of carbonyl (C=O) groups is 1. The van der Waals surface area contributed by atoms with Crippen LogP contribution in [-0.2, 0) is 22.6 Å². The van der Waals surface area contributed by atoms with Crippen molar-refractivity contribution in [2.24, 2.45) is 0 Å². The van der Waals surface area contributed by atoms with E-state index in [2.05, 4.69) is 15.4 Å². The Hall–Kier alpha value is -2.44. The van der Waals surface area contributed by atoms with Crippen molar-refractivity contribution in [3.05, 3.63) is 45.2 Å². The summed E-state index contributed by atoms with van der Waals surface area (Å²) < 4.78 is 10.1. The molecule has 0 radical (unpaired) electrons. The third-order valence-electron chi connectivity index (χ3n) is 3.26. The van der Waals surface area contributed by atoms with Gasteiger partial charge in [0.25, 0.3) is 0 Å². The van der Waals surface area contributed by atoms with E-state index >= 15 is 0 Å². The molecular formula is C14H15N3O4. The van der Waals surface area contributed by atoms with E-state index in [-0.39, 0.29) is 24.2 Å². The number of aromatic amines is 1. The monoisotopic (exact) mass is 289 g/mol. The Labute approximate surface area is 120 Å². The highest BCUT2D eigenvalue weighted by Crippen LogP contribution is 2.39. The molecule has 1 aliphatic carbocycles. The Kier molecular flexibility index (Phi) is 3.55. The zero-order valence-corrected chi connectivity index (χ0v) is 11.6. The summed E-state index contributed by atoms with van der Waals surface area (Å²) in [5.74, 6) is 0.483. The van der Waals surface area contributed by atoms with Gasteiger partial charge in [0.05, 0.1) is 5.69 Å². The zero-order chi connectivity index (χ0) is 14.8. The summed E-state index contributed by atoms with van der Waals surface area (Å²) in [6, 6.07) is 3.20. The number of rotatable bonds is 5. The number of hydrogen-bond acceptors (Lipinski definition) is 6. The van der Waals surface area contributed by atoms with Crippen LogP contribution in [0, 0.1) is 6.92 Å². The molecule has 1 saturated carbocycles. The van der Waals surface area contributed by atoms with Crippen LogP contribution in [0.5, 0.6) is 0 Å². The van der Waals surface area contributed by atoms with Crippen molar-refractivity contribution in [3.63, 3.8) is 0 Å². The van der Waals surface area contributed by atoms with Crippen molar-refractivity contribution in [1.82, 2.24) is 15.4 Å². The van der Waals surface area contributed by atoms with Gasteiger partial charge in [0.1, 0.15) is 24.5 Å². The van der Waals surface area contributed by atoms with Crippen LogP contribution in [0.25, 0.3) is 0 Å². The molecule has 7 nitrogen and oxygen atoms in total. The van der Waals surface area contributed by atoms with Gasteiger partial charge in [0, 0.05) is 23.7 Å². The first-order chi connectivity index (χ1) is 10.1. The highest BCUT2D eigenvalue weighted by atomic mass is 16.5. The smallest absolute Gasteiger partial charge is 0.313 e. The fourth-order valence-corrected chi connectivity index (χ4v) is 1.95. The first-order valence-corrected chi connectivity index (χ1v) is 6.78. The van der Waals surface area contributed by atoms with Gasteiger partial charge in [0.15, 0.2) is 0 Å². The highest BCUT2D eigenvalue weighted by molar-refractivity contribution is 5.71. The van der Waals surface area contributed by atoms with E-state index < -0.39 is 5.97 Å². The molecular weight excluding hydrogens is 274 g/mol. The first kappa shape index (κ1) is 13.5. The first-order valence-electron chi connectivity index (χ1n) is 6.78. The van der Waals surface area contributed by atoms with Gasteiger partial charge >= 0.3 is 5.97 Å². The normalized spacial score (nSPS) is 14.1. The molecule has 2 heterocycles. The minimum absolute atomic E-state index is 0.00346. The van der Waals surface area contributed by atoms with Crippen LogP contribution in [0.4, 0.5) is 0 Å². The van der Waals surface area contributed by atoms with E-state index in [0.29, 0.717) is 17.4 Å². The van der Waals surface area contributed by atoms with Crippen molar-refractivity contribution in [3.8, 4) is 0 Å². The number of aryl methyl sites for hydroxylation is 1. The molecule has 0 unspecified atom stereocenters. The number of nitrogens with one attached hydrogen (secondary N) is 1. The second kappa shape index (κ2) is 5.51. The van der Waals surface area contributed by atoms with Crippen LogP contribution < -0.4 is 5.43 Å². The van der Waals surface area contributed by atoms with Crippen LogP contribution in [0.1, 0.15) is 41.6 Å². The molecule has 7 heteroatoms. The van der Waals surface area contributed by atoms with Crippen molar-refractivity contribution in [2.45, 2.75) is 38.7 Å². The fraction of sp³-hybridized carbons (Fsp3) is 0.429. The lowest BCUT2D eigenvalue weighted by molar-refractivity contribution is -0.144. The summed E-state index contributed by atoms with van der Waals surface area (Å²) >= 11 is 0. The molecule has 21 heavy (non-hydrogen) atoms. The van der Waals surface area contributed by atoms with Crippen LogP contribution in [0.3, 0.4) is 0 Å². The lowest BCUT2D eigenvalue weighted by Gasteiger charge is -2.02. The number of H-pyrrole nitrogens is 1. The molecule has 0 aromatic carbocycles. The minimum Gasteiger partial charge on any atom is -0.459 e. The molecule has 0 aliphatic heterocycles. The van der Waals surface area contributed by atoms with Gasteiger partial charge in [-0.3, -0.25) is 14.7 Å². The Balaban J connectivity index is 1.54. The topological polar surface area (TPSA) is 98.1 Å². The predicted molar refractivity (Wildman–Crippen MR) is 71.6 cm³/mol. The van der Waals surface area contributed by atoms with Gasteiger partial charge in [-0.15, -0.1) is 0 Å². The molecule has 2 aromatic heterocycles. The summed E-state index contributed by atoms with van der Waals surface area (Å²) in [5.41, 5.74) is 1.47. The van der Waals surface area contributed by atoms with E-state index in [0.717, 1.165) is 18.5 Å². The summed E-state index contributed by atoms with van der Waals surface area (Å²) in [5, 5.41) is 10.4. The van der Waals surface area contributed by atoms with Gasteiger partial charge in [0.2, 0.25) is 5.43 Å². The largest absolute Gasteiger partial charge is 0.459 e. The zero-order valence-electron chi connectivity index (χ0n) is 11.6. The third-order valence-corrected chi connectivity index (χ3v) is 3.26. The molecule has 2 aromatic rings. The maximum atomic E-state index is 11.7. The SMILES string of the molecule is Cc1cc(=O)c(COC(=O)Cc2cc(C3CC3)no2)n[nH]1. The third kappa shape index (κ3) is 3.36. The average molecular weight is 289 g/mol. The molecule has 0 amide bonds. The average Bonchev–Trinajstić information content (AvgIpc) is 3.19. The van der Waals surface area contributed by atoms with Gasteiger partial charge in [-0.1, -0.05) is 5.16 Å². The Morgan fingerprint density at radius 2 is 2.29 bits per heavy atom. The fourth-order valence-electron chi connectivity index (χ4n) is 1.95. The summed E-state index contributed by atoms with van der Waals surface area (Å²) in [4.78, 5) is 23.3. The molecule has 3 rings (SSSR count). The summed E-state index contributed by atoms with van der Waals surface area (Å²) in [6.45, 7) is 1.57. The van der Waals surface area contributed by atoms with E-state index in [1.54, 1.807) is 13.0 Å². The van der Waals surface area contributed by atoms with Crippen molar-refractivity contribution < 1.29 is 14.1 Å². The molecule has 110 valence electrons. The molecule has 1 fully saturated rings. The molecule has 0 bridgehead atoms. The Bertz CT molecular complexity index is 715. The van der Waals surface area contributed by atoms with Crippen molar-refractivity contribution in [2.75, 3.05) is 0 Å². The lowest BCUT2D eigenvalue weighted by Crippen LogP contribution is -2.17. The quantitative estimate of drug-likeness (QED) is 0.831. The van der Waals surface area contributed by atoms with Gasteiger partial charge in [-0.2, -0.15) is 5.10 Å². The van der Waals surface area contributed by atoms with Gasteiger partial charge in [-0.05, 0) is 19.8 Å². The molecule has 1 N–H and O–H groups in total. The highest BCUT2D eigenvalue weighted by Gasteiger charge is 2.27. The van der Waals surface area contributed by atoms with Crippen LogP contribution in [-0.4, -0.2) is 21.3 Å². The Morgan fingerprint density at radius 3 is 3.00 bits per heavy atom. The number of carbonyl (C=O) groups excluding carboxylic acids is 1. The number of esters is 1. The van der Waals surface area contributed by atoms with E-state index in [9.17, 15) is 9.59 Å². The van der Waals surface area contributed by atoms with Crippen molar-refractivity contribution >= 4 is 5.97 Å². The van der Waals surface area contributed by atoms with Crippen LogP contribution in [0.15, 0.2) is 21.5 Å². The van der Waals surface area contributed by atoms with Gasteiger partial charge < -0.3 is 9.26 Å². The van der Waals surface area contributed by atoms with Crippen LogP contribution in [0.2, 0.25) is 0 Å². The van der Waals surface area contributed by atoms with Gasteiger partial charge in [-0.25, -0.2) is 0 Å². The maximum Gasteiger partial charge on any atom is 0.313 e.